The largest absolute Gasteiger partial charge is 0.491 e. The third-order valence-corrected chi connectivity index (χ3v) is 4.68. The molecule has 1 amide bonds. The molecule has 25 heavy (non-hydrogen) atoms. The zero-order valence-corrected chi connectivity index (χ0v) is 15.4. The van der Waals surface area contributed by atoms with Crippen molar-refractivity contribution in [3.63, 3.8) is 0 Å². The lowest BCUT2D eigenvalue weighted by Gasteiger charge is -2.28. The van der Waals surface area contributed by atoms with Crippen molar-refractivity contribution < 1.29 is 14.3 Å². The van der Waals surface area contributed by atoms with E-state index in [4.69, 9.17) is 9.47 Å². The number of nitrogens with zero attached hydrogens (tertiary/aromatic N) is 1. The van der Waals surface area contributed by atoms with Crippen LogP contribution in [0.5, 0.6) is 5.75 Å². The lowest BCUT2D eigenvalue weighted by molar-refractivity contribution is -0.140. The maximum Gasteiger partial charge on any atom is 0.256 e. The van der Waals surface area contributed by atoms with Gasteiger partial charge in [0.1, 0.15) is 17.4 Å². The fourth-order valence-corrected chi connectivity index (χ4v) is 3.03. The van der Waals surface area contributed by atoms with Gasteiger partial charge < -0.3 is 14.8 Å². The Morgan fingerprint density at radius 2 is 2.08 bits per heavy atom. The van der Waals surface area contributed by atoms with Crippen molar-refractivity contribution in [1.82, 2.24) is 0 Å². The van der Waals surface area contributed by atoms with Crippen molar-refractivity contribution in [2.45, 2.75) is 71.0 Å². The van der Waals surface area contributed by atoms with Gasteiger partial charge in [-0.3, -0.25) is 4.79 Å². The average Bonchev–Trinajstić information content (AvgIpc) is 3.11. The number of carbonyl (C=O) groups excluding carboxylic acids is 1. The van der Waals surface area contributed by atoms with Crippen molar-refractivity contribution in [3.8, 4) is 11.8 Å². The standard InChI is InChI=1S/C20H28N2O3/c1-4-12-24-20(10-6-7-11-20)19(23)22-18-9-8-17(13-16(18)14-21)25-15(3)5-2/h8-9,13,15H,4-7,10-12H2,1-3H3,(H,22,23). The van der Waals surface area contributed by atoms with Gasteiger partial charge in [-0.2, -0.15) is 5.26 Å². The highest BCUT2D eigenvalue weighted by Gasteiger charge is 2.42. The molecule has 1 aliphatic rings. The fraction of sp³-hybridized carbons (Fsp3) is 0.600. The van der Waals surface area contributed by atoms with E-state index in [1.807, 2.05) is 20.8 Å². The summed E-state index contributed by atoms with van der Waals surface area (Å²) in [6.07, 6.45) is 5.29. The number of nitriles is 1. The topological polar surface area (TPSA) is 71.3 Å². The van der Waals surface area contributed by atoms with Crippen molar-refractivity contribution in [1.29, 1.82) is 5.26 Å². The van der Waals surface area contributed by atoms with Crippen LogP contribution < -0.4 is 10.1 Å². The SMILES string of the molecule is CCCOC1(C(=O)Nc2ccc(OC(C)CC)cc2C#N)CCCC1. The minimum Gasteiger partial charge on any atom is -0.491 e. The van der Waals surface area contributed by atoms with Crippen LogP contribution in [0.1, 0.15) is 64.9 Å². The third kappa shape index (κ3) is 4.73. The van der Waals surface area contributed by atoms with Gasteiger partial charge in [-0.15, -0.1) is 0 Å². The molecule has 1 unspecified atom stereocenters. The summed E-state index contributed by atoms with van der Waals surface area (Å²) in [5.41, 5.74) is 0.155. The van der Waals surface area contributed by atoms with E-state index in [2.05, 4.69) is 11.4 Å². The Hall–Kier alpha value is -2.06. The number of anilines is 1. The van der Waals surface area contributed by atoms with Gasteiger partial charge in [0.05, 0.1) is 17.4 Å². The lowest BCUT2D eigenvalue weighted by Crippen LogP contribution is -2.43. The molecule has 0 bridgehead atoms. The molecule has 0 heterocycles. The predicted molar refractivity (Wildman–Crippen MR) is 97.6 cm³/mol. The molecule has 0 aromatic heterocycles. The minimum absolute atomic E-state index is 0.0798. The van der Waals surface area contributed by atoms with Crippen LogP contribution in [0.4, 0.5) is 5.69 Å². The van der Waals surface area contributed by atoms with Crippen LogP contribution in [0.2, 0.25) is 0 Å². The molecule has 1 N–H and O–H groups in total. The summed E-state index contributed by atoms with van der Waals surface area (Å²) in [7, 11) is 0. The van der Waals surface area contributed by atoms with E-state index in [9.17, 15) is 10.1 Å². The summed E-state index contributed by atoms with van der Waals surface area (Å²) >= 11 is 0. The number of benzene rings is 1. The lowest BCUT2D eigenvalue weighted by atomic mass is 10.00. The second-order valence-corrected chi connectivity index (χ2v) is 6.66. The number of hydrogen-bond acceptors (Lipinski definition) is 4. The summed E-state index contributed by atoms with van der Waals surface area (Å²) < 4.78 is 11.7. The first kappa shape index (κ1) is 19.3. The van der Waals surface area contributed by atoms with Crippen LogP contribution in [0.25, 0.3) is 0 Å². The highest BCUT2D eigenvalue weighted by atomic mass is 16.5. The summed E-state index contributed by atoms with van der Waals surface area (Å²) in [6.45, 7) is 6.63. The number of carbonyl (C=O) groups is 1. The van der Waals surface area contributed by atoms with Crippen LogP contribution >= 0.6 is 0 Å². The first-order valence-corrected chi connectivity index (χ1v) is 9.21. The van der Waals surface area contributed by atoms with Crippen molar-refractivity contribution in [3.05, 3.63) is 23.8 Å². The minimum atomic E-state index is -0.755. The molecule has 136 valence electrons. The van der Waals surface area contributed by atoms with E-state index in [0.717, 1.165) is 38.5 Å². The molecule has 0 aliphatic heterocycles. The predicted octanol–water partition coefficient (Wildman–Crippen LogP) is 4.41. The molecule has 0 saturated heterocycles. The Bertz CT molecular complexity index is 630. The third-order valence-electron chi connectivity index (χ3n) is 4.68. The molecule has 1 saturated carbocycles. The first-order valence-electron chi connectivity index (χ1n) is 9.21. The molecule has 2 rings (SSSR count). The Morgan fingerprint density at radius 1 is 1.36 bits per heavy atom. The van der Waals surface area contributed by atoms with Crippen LogP contribution in [0.15, 0.2) is 18.2 Å². The Balaban J connectivity index is 2.15. The normalized spacial score (nSPS) is 16.9. The molecule has 1 atom stereocenters. The van der Waals surface area contributed by atoms with Crippen LogP contribution in [-0.4, -0.2) is 24.2 Å². The van der Waals surface area contributed by atoms with E-state index < -0.39 is 5.60 Å². The van der Waals surface area contributed by atoms with E-state index >= 15 is 0 Å². The fourth-order valence-electron chi connectivity index (χ4n) is 3.03. The summed E-state index contributed by atoms with van der Waals surface area (Å²) in [5.74, 6) is 0.493. The van der Waals surface area contributed by atoms with E-state index in [1.165, 1.54) is 0 Å². The van der Waals surface area contributed by atoms with E-state index in [0.29, 0.717) is 23.6 Å². The van der Waals surface area contributed by atoms with Crippen molar-refractivity contribution in [2.75, 3.05) is 11.9 Å². The number of rotatable bonds is 8. The van der Waals surface area contributed by atoms with Gasteiger partial charge in [-0.05, 0) is 57.6 Å². The van der Waals surface area contributed by atoms with E-state index in [-0.39, 0.29) is 12.0 Å². The first-order chi connectivity index (χ1) is 12.0. The molecular formula is C20H28N2O3. The molecule has 0 radical (unpaired) electrons. The monoisotopic (exact) mass is 344 g/mol. The second kappa shape index (κ2) is 8.87. The number of ether oxygens (including phenoxy) is 2. The quantitative estimate of drug-likeness (QED) is 0.758. The molecule has 1 aromatic carbocycles. The summed E-state index contributed by atoms with van der Waals surface area (Å²) in [6, 6.07) is 7.34. The van der Waals surface area contributed by atoms with Gasteiger partial charge in [0.2, 0.25) is 0 Å². The van der Waals surface area contributed by atoms with Crippen molar-refractivity contribution in [2.24, 2.45) is 0 Å². The Morgan fingerprint density at radius 3 is 2.68 bits per heavy atom. The molecule has 5 heteroatoms. The summed E-state index contributed by atoms with van der Waals surface area (Å²) in [4.78, 5) is 12.8. The summed E-state index contributed by atoms with van der Waals surface area (Å²) in [5, 5.41) is 12.3. The number of amides is 1. The van der Waals surface area contributed by atoms with Gasteiger partial charge in [0.15, 0.2) is 0 Å². The van der Waals surface area contributed by atoms with Crippen LogP contribution in [0.3, 0.4) is 0 Å². The second-order valence-electron chi connectivity index (χ2n) is 6.66. The molecule has 0 spiro atoms. The van der Waals surface area contributed by atoms with Gasteiger partial charge in [-0.1, -0.05) is 13.8 Å². The molecule has 1 aliphatic carbocycles. The molecule has 1 fully saturated rings. The van der Waals surface area contributed by atoms with Gasteiger partial charge in [0, 0.05) is 12.7 Å². The highest BCUT2D eigenvalue weighted by Crippen LogP contribution is 2.35. The number of hydrogen-bond donors (Lipinski definition) is 1. The maximum absolute atomic E-state index is 12.8. The van der Waals surface area contributed by atoms with Crippen molar-refractivity contribution >= 4 is 11.6 Å². The maximum atomic E-state index is 12.8. The van der Waals surface area contributed by atoms with Gasteiger partial charge in [0.25, 0.3) is 5.91 Å². The zero-order valence-electron chi connectivity index (χ0n) is 15.4. The van der Waals surface area contributed by atoms with E-state index in [1.54, 1.807) is 18.2 Å². The van der Waals surface area contributed by atoms with Crippen LogP contribution in [0, 0.1) is 11.3 Å². The molecule has 5 nitrogen and oxygen atoms in total. The zero-order chi connectivity index (χ0) is 18.3. The molecular weight excluding hydrogens is 316 g/mol. The average molecular weight is 344 g/mol. The Labute approximate surface area is 150 Å². The van der Waals surface area contributed by atoms with Crippen LogP contribution in [-0.2, 0) is 9.53 Å². The Kier molecular flexibility index (Phi) is 6.83. The highest BCUT2D eigenvalue weighted by molar-refractivity contribution is 5.98. The smallest absolute Gasteiger partial charge is 0.256 e. The molecule has 1 aromatic rings. The number of nitrogens with one attached hydrogen (secondary N) is 1. The van der Waals surface area contributed by atoms with Gasteiger partial charge >= 0.3 is 0 Å². The van der Waals surface area contributed by atoms with Gasteiger partial charge in [-0.25, -0.2) is 0 Å².